The summed E-state index contributed by atoms with van der Waals surface area (Å²) in [6.45, 7) is 2.04. The predicted molar refractivity (Wildman–Crippen MR) is 57.0 cm³/mol. The van der Waals surface area contributed by atoms with E-state index in [1.54, 1.807) is 0 Å². The number of phenols is 1. The third-order valence-corrected chi connectivity index (χ3v) is 2.38. The highest BCUT2D eigenvalue weighted by molar-refractivity contribution is 9.10. The molecule has 0 saturated heterocycles. The van der Waals surface area contributed by atoms with E-state index in [1.807, 2.05) is 19.1 Å². The number of hydrazone groups is 1. The lowest BCUT2D eigenvalue weighted by Gasteiger charge is -2.04. The fourth-order valence-electron chi connectivity index (χ4n) is 1.06. The lowest BCUT2D eigenvalue weighted by Crippen LogP contribution is -1.91. The summed E-state index contributed by atoms with van der Waals surface area (Å²) in [5.74, 6) is 5.19. The maximum Gasteiger partial charge on any atom is 0.138 e. The van der Waals surface area contributed by atoms with Gasteiger partial charge >= 0.3 is 0 Å². The molecular formula is C9H11BrN2O. The van der Waals surface area contributed by atoms with E-state index in [4.69, 9.17) is 5.84 Å². The summed E-state index contributed by atoms with van der Waals surface area (Å²) in [4.78, 5) is 0. The lowest BCUT2D eigenvalue weighted by atomic mass is 10.1. The number of nitrogens with zero attached hydrogens (tertiary/aromatic N) is 1. The minimum atomic E-state index is 0.173. The van der Waals surface area contributed by atoms with Gasteiger partial charge in [-0.25, -0.2) is 0 Å². The van der Waals surface area contributed by atoms with Gasteiger partial charge in [0.25, 0.3) is 0 Å². The van der Waals surface area contributed by atoms with Crippen LogP contribution in [0.4, 0.5) is 0 Å². The second-order valence-electron chi connectivity index (χ2n) is 2.65. The topological polar surface area (TPSA) is 58.6 Å². The van der Waals surface area contributed by atoms with Crippen molar-refractivity contribution in [2.75, 3.05) is 0 Å². The number of nitrogens with two attached hydrogens (primary N) is 1. The highest BCUT2D eigenvalue weighted by Crippen LogP contribution is 2.28. The fraction of sp³-hybridized carbons (Fsp3) is 0.222. The molecule has 4 heteroatoms. The first kappa shape index (κ1) is 10.1. The van der Waals surface area contributed by atoms with Gasteiger partial charge in [0.05, 0.1) is 10.7 Å². The molecule has 0 amide bonds. The van der Waals surface area contributed by atoms with Crippen LogP contribution in [0.25, 0.3) is 0 Å². The molecule has 0 atom stereocenters. The van der Waals surface area contributed by atoms with Crippen molar-refractivity contribution in [3.8, 4) is 5.75 Å². The number of aromatic hydroxyl groups is 1. The molecular weight excluding hydrogens is 232 g/mol. The maximum absolute atomic E-state index is 9.55. The molecule has 0 spiro atoms. The molecule has 0 fully saturated rings. The first-order valence-electron chi connectivity index (χ1n) is 3.93. The Morgan fingerprint density at radius 3 is 2.85 bits per heavy atom. The van der Waals surface area contributed by atoms with Crippen molar-refractivity contribution < 1.29 is 5.11 Å². The molecule has 0 unspecified atom stereocenters. The Morgan fingerprint density at radius 2 is 2.31 bits per heavy atom. The molecule has 1 aromatic rings. The Hall–Kier alpha value is -1.03. The van der Waals surface area contributed by atoms with E-state index in [-0.39, 0.29) is 5.75 Å². The molecule has 3 N–H and O–H groups in total. The molecule has 0 aromatic heterocycles. The summed E-state index contributed by atoms with van der Waals surface area (Å²) in [7, 11) is 0. The van der Waals surface area contributed by atoms with E-state index in [1.165, 1.54) is 6.21 Å². The zero-order chi connectivity index (χ0) is 9.84. The Kier molecular flexibility index (Phi) is 3.31. The quantitative estimate of drug-likeness (QED) is 0.474. The van der Waals surface area contributed by atoms with Crippen molar-refractivity contribution >= 4 is 22.1 Å². The zero-order valence-corrected chi connectivity index (χ0v) is 8.87. The second-order valence-corrected chi connectivity index (χ2v) is 3.50. The zero-order valence-electron chi connectivity index (χ0n) is 7.29. The summed E-state index contributed by atoms with van der Waals surface area (Å²) in [6.07, 6.45) is 2.34. The highest BCUT2D eigenvalue weighted by Gasteiger charge is 2.05. The SMILES string of the molecule is CCc1cc(Br)c(O)c(C=NN)c1. The maximum atomic E-state index is 9.55. The Morgan fingerprint density at radius 1 is 1.62 bits per heavy atom. The van der Waals surface area contributed by atoms with Gasteiger partial charge in [0, 0.05) is 5.56 Å². The van der Waals surface area contributed by atoms with Crippen molar-refractivity contribution in [2.24, 2.45) is 10.9 Å². The normalized spacial score (nSPS) is 10.9. The van der Waals surface area contributed by atoms with Gasteiger partial charge in [-0.2, -0.15) is 5.10 Å². The number of hydrogen-bond donors (Lipinski definition) is 2. The molecule has 0 saturated carbocycles. The van der Waals surface area contributed by atoms with Crippen LogP contribution in [0.5, 0.6) is 5.75 Å². The molecule has 0 aliphatic heterocycles. The van der Waals surface area contributed by atoms with Crippen LogP contribution in [-0.2, 0) is 6.42 Å². The van der Waals surface area contributed by atoms with Crippen molar-refractivity contribution in [3.63, 3.8) is 0 Å². The summed E-state index contributed by atoms with van der Waals surface area (Å²) >= 11 is 3.26. The monoisotopic (exact) mass is 242 g/mol. The minimum absolute atomic E-state index is 0.173. The summed E-state index contributed by atoms with van der Waals surface area (Å²) in [5, 5.41) is 12.9. The fourth-order valence-corrected chi connectivity index (χ4v) is 1.58. The van der Waals surface area contributed by atoms with Gasteiger partial charge in [-0.3, -0.25) is 0 Å². The summed E-state index contributed by atoms with van der Waals surface area (Å²) in [6, 6.07) is 3.74. The van der Waals surface area contributed by atoms with Crippen molar-refractivity contribution in [2.45, 2.75) is 13.3 Å². The number of aryl methyl sites for hydroxylation is 1. The summed E-state index contributed by atoms with van der Waals surface area (Å²) < 4.78 is 0.668. The van der Waals surface area contributed by atoms with Crippen LogP contribution in [-0.4, -0.2) is 11.3 Å². The lowest BCUT2D eigenvalue weighted by molar-refractivity contribution is 0.471. The number of phenolic OH excluding ortho intramolecular Hbond substituents is 1. The van der Waals surface area contributed by atoms with Crippen molar-refractivity contribution in [1.29, 1.82) is 0 Å². The smallest absolute Gasteiger partial charge is 0.138 e. The number of benzene rings is 1. The molecule has 0 aliphatic carbocycles. The van der Waals surface area contributed by atoms with E-state index >= 15 is 0 Å². The Labute approximate surface area is 85.4 Å². The molecule has 1 rings (SSSR count). The molecule has 13 heavy (non-hydrogen) atoms. The first-order chi connectivity index (χ1) is 6.19. The van der Waals surface area contributed by atoms with Crippen molar-refractivity contribution in [3.05, 3.63) is 27.7 Å². The van der Waals surface area contributed by atoms with E-state index in [0.29, 0.717) is 10.0 Å². The van der Waals surface area contributed by atoms with E-state index in [9.17, 15) is 5.11 Å². The molecule has 3 nitrogen and oxygen atoms in total. The number of halogens is 1. The molecule has 1 aromatic carbocycles. The largest absolute Gasteiger partial charge is 0.506 e. The van der Waals surface area contributed by atoms with Crippen LogP contribution in [0.1, 0.15) is 18.1 Å². The van der Waals surface area contributed by atoms with Gasteiger partial charge in [0.1, 0.15) is 5.75 Å². The van der Waals surface area contributed by atoms with Crippen molar-refractivity contribution in [1.82, 2.24) is 0 Å². The van der Waals surface area contributed by atoms with Gasteiger partial charge in [0.2, 0.25) is 0 Å². The van der Waals surface area contributed by atoms with Gasteiger partial charge in [-0.1, -0.05) is 6.92 Å². The van der Waals surface area contributed by atoms with E-state index in [0.717, 1.165) is 12.0 Å². The van der Waals surface area contributed by atoms with Crippen LogP contribution < -0.4 is 5.84 Å². The second kappa shape index (κ2) is 4.28. The Balaban J connectivity index is 3.24. The third-order valence-electron chi connectivity index (χ3n) is 1.77. The van der Waals surface area contributed by atoms with E-state index in [2.05, 4.69) is 21.0 Å². The molecule has 0 aliphatic rings. The number of rotatable bonds is 2. The van der Waals surface area contributed by atoms with Crippen LogP contribution in [0.15, 0.2) is 21.7 Å². The van der Waals surface area contributed by atoms with Crippen LogP contribution >= 0.6 is 15.9 Å². The van der Waals surface area contributed by atoms with Gasteiger partial charge in [-0.15, -0.1) is 0 Å². The standard InChI is InChI=1S/C9H11BrN2O/c1-2-6-3-7(5-12-11)9(13)8(10)4-6/h3-5,13H,2,11H2,1H3. The van der Waals surface area contributed by atoms with Gasteiger partial charge in [-0.05, 0) is 40.0 Å². The molecule has 0 bridgehead atoms. The predicted octanol–water partition coefficient (Wildman–Crippen LogP) is 2.01. The minimum Gasteiger partial charge on any atom is -0.506 e. The van der Waals surface area contributed by atoms with Crippen LogP contribution in [0.3, 0.4) is 0 Å². The third kappa shape index (κ3) is 2.21. The van der Waals surface area contributed by atoms with Crippen LogP contribution in [0, 0.1) is 0 Å². The average Bonchev–Trinajstić information content (AvgIpc) is 2.13. The highest BCUT2D eigenvalue weighted by atomic mass is 79.9. The van der Waals surface area contributed by atoms with E-state index < -0.39 is 0 Å². The van der Waals surface area contributed by atoms with Gasteiger partial charge < -0.3 is 10.9 Å². The first-order valence-corrected chi connectivity index (χ1v) is 4.73. The summed E-state index contributed by atoms with van der Waals surface area (Å²) in [5.41, 5.74) is 1.76. The molecule has 0 radical (unpaired) electrons. The molecule has 0 heterocycles. The van der Waals surface area contributed by atoms with Crippen LogP contribution in [0.2, 0.25) is 0 Å². The van der Waals surface area contributed by atoms with Gasteiger partial charge in [0.15, 0.2) is 0 Å². The average molecular weight is 243 g/mol. The number of hydrogen-bond acceptors (Lipinski definition) is 3. The Bertz CT molecular complexity index is 337. The molecule has 70 valence electrons.